The first kappa shape index (κ1) is 44.2. The average Bonchev–Trinajstić information content (AvgIpc) is 3.80. The van der Waals surface area contributed by atoms with Crippen molar-refractivity contribution in [1.29, 1.82) is 0 Å². The molecule has 0 saturated heterocycles. The Morgan fingerprint density at radius 2 is 1.67 bits per heavy atom. The fourth-order valence-corrected chi connectivity index (χ4v) is 6.44. The van der Waals surface area contributed by atoms with Crippen LogP contribution in [0.15, 0.2) is 84.4 Å². The van der Waals surface area contributed by atoms with E-state index in [9.17, 15) is 24.6 Å². The van der Waals surface area contributed by atoms with Gasteiger partial charge in [-0.25, -0.2) is 4.79 Å². The van der Waals surface area contributed by atoms with Crippen molar-refractivity contribution in [1.82, 2.24) is 30.2 Å². The Kier molecular flexibility index (Phi) is 15.7. The molecule has 0 unspecified atom stereocenters. The Labute approximate surface area is 340 Å². The number of phenolic OH excluding ortho intramolecular Hbond substituents is 2. The summed E-state index contributed by atoms with van der Waals surface area (Å²) in [6, 6.07) is 18.0. The maximum absolute atomic E-state index is 12.8. The molecule has 13 nitrogen and oxygen atoms in total. The Balaban J connectivity index is 0.000000244. The van der Waals surface area contributed by atoms with Crippen LogP contribution in [0.1, 0.15) is 99.3 Å². The number of aryl methyl sites for hydroxylation is 3. The molecule has 308 valence electrons. The number of H-pyrrole nitrogens is 2. The van der Waals surface area contributed by atoms with Crippen molar-refractivity contribution < 1.29 is 19.8 Å². The number of hydrogen-bond acceptors (Lipinski definition) is 7. The van der Waals surface area contributed by atoms with E-state index in [1.807, 2.05) is 75.5 Å². The first-order valence-corrected chi connectivity index (χ1v) is 19.9. The summed E-state index contributed by atoms with van der Waals surface area (Å²) in [5, 5.41) is 27.7. The molecule has 0 spiro atoms. The van der Waals surface area contributed by atoms with Gasteiger partial charge >= 0.3 is 6.03 Å². The molecule has 6 rings (SSSR count). The molecule has 0 bridgehead atoms. The highest BCUT2D eigenvalue weighted by Crippen LogP contribution is 2.38. The third kappa shape index (κ3) is 10.7. The van der Waals surface area contributed by atoms with Crippen LogP contribution in [-0.2, 0) is 19.4 Å². The molecule has 0 saturated carbocycles. The van der Waals surface area contributed by atoms with Crippen LogP contribution in [0.4, 0.5) is 16.4 Å². The van der Waals surface area contributed by atoms with Gasteiger partial charge in [-0.1, -0.05) is 66.7 Å². The molecule has 0 aliphatic heterocycles. The minimum absolute atomic E-state index is 0.0178. The van der Waals surface area contributed by atoms with Crippen LogP contribution < -0.4 is 26.8 Å². The molecule has 0 fully saturated rings. The van der Waals surface area contributed by atoms with Gasteiger partial charge in [0.2, 0.25) is 5.95 Å². The Morgan fingerprint density at radius 3 is 2.31 bits per heavy atom. The second-order valence-corrected chi connectivity index (χ2v) is 14.3. The fourth-order valence-electron chi connectivity index (χ4n) is 6.44. The standard InChI is InChI=1S/C24H29N3O3.C18H21N5O2.C3H8/c1-6-10-26-11-9-17-12-18(7-8-21(17)26)27(24(30)25-5)16(4)20-13-19(15(2)3)22(28)14-23(20)29;1-2-9-20-16(24)12-6-3-11(4-7-12)5-8-13-10-21-15-14(13)17(25)23-18(19)22-15;1-3-2/h7-9,11-15,28-29H,4,6,10H2,1-3,5H3,(H,25,30);3-4,6-7,10H,2,5,8-9H2,1H3,(H,20,24)(H4,19,21,22,23,25);3H2,1-2H3. The number of nitrogens with one attached hydrogen (secondary N) is 4. The molecule has 13 heteroatoms. The largest absolute Gasteiger partial charge is 0.508 e. The first-order chi connectivity index (χ1) is 27.8. The number of fused-ring (bicyclic) bond motifs is 2. The number of phenols is 2. The van der Waals surface area contributed by atoms with Gasteiger partial charge in [-0.05, 0) is 90.8 Å². The van der Waals surface area contributed by atoms with E-state index in [0.29, 0.717) is 52.1 Å². The van der Waals surface area contributed by atoms with E-state index in [-0.39, 0.29) is 40.9 Å². The Bertz CT molecular complexity index is 2390. The van der Waals surface area contributed by atoms with Gasteiger partial charge in [-0.15, -0.1) is 0 Å². The summed E-state index contributed by atoms with van der Waals surface area (Å²) in [6.07, 6.45) is 8.47. The summed E-state index contributed by atoms with van der Waals surface area (Å²) < 4.78 is 2.18. The summed E-state index contributed by atoms with van der Waals surface area (Å²) in [4.78, 5) is 47.8. The number of nitrogens with two attached hydrogens (primary N) is 1. The molecule has 58 heavy (non-hydrogen) atoms. The van der Waals surface area contributed by atoms with Gasteiger partial charge in [-0.2, -0.15) is 4.98 Å². The monoisotopic (exact) mass is 790 g/mol. The predicted octanol–water partition coefficient (Wildman–Crippen LogP) is 8.58. The first-order valence-electron chi connectivity index (χ1n) is 19.9. The van der Waals surface area contributed by atoms with Crippen molar-refractivity contribution in [2.75, 3.05) is 24.2 Å². The lowest BCUT2D eigenvalue weighted by Gasteiger charge is -2.26. The molecule has 0 aliphatic rings. The number of rotatable bonds is 12. The number of aromatic hydroxyl groups is 2. The van der Waals surface area contributed by atoms with Gasteiger partial charge in [0.05, 0.1) is 16.8 Å². The van der Waals surface area contributed by atoms with E-state index in [0.717, 1.165) is 47.8 Å². The molecule has 3 heterocycles. The van der Waals surface area contributed by atoms with Crippen LogP contribution in [0.25, 0.3) is 27.6 Å². The van der Waals surface area contributed by atoms with Gasteiger partial charge in [0.1, 0.15) is 17.1 Å². The van der Waals surface area contributed by atoms with E-state index >= 15 is 0 Å². The molecule has 3 aromatic heterocycles. The topological polar surface area (TPSA) is 194 Å². The normalized spacial score (nSPS) is 10.8. The lowest BCUT2D eigenvalue weighted by atomic mass is 9.97. The van der Waals surface area contributed by atoms with E-state index < -0.39 is 0 Å². The van der Waals surface area contributed by atoms with Crippen LogP contribution in [0.3, 0.4) is 0 Å². The van der Waals surface area contributed by atoms with Gasteiger partial charge in [0, 0.05) is 60.6 Å². The number of aromatic nitrogens is 4. The summed E-state index contributed by atoms with van der Waals surface area (Å²) in [5.74, 6) is -0.0291. The minimum atomic E-state index is -0.370. The van der Waals surface area contributed by atoms with E-state index in [2.05, 4.69) is 57.5 Å². The van der Waals surface area contributed by atoms with Gasteiger partial charge in [0.25, 0.3) is 11.5 Å². The molecular formula is C45H58N8O5. The number of hydrogen-bond donors (Lipinski definition) is 7. The van der Waals surface area contributed by atoms with Crippen molar-refractivity contribution >= 4 is 51.2 Å². The molecule has 0 radical (unpaired) electrons. The number of aromatic amines is 2. The summed E-state index contributed by atoms with van der Waals surface area (Å²) in [7, 11) is 1.55. The van der Waals surface area contributed by atoms with Gasteiger partial charge in [-0.3, -0.25) is 19.5 Å². The van der Waals surface area contributed by atoms with Crippen molar-refractivity contribution in [3.63, 3.8) is 0 Å². The fraction of sp³-hybridized carbons (Fsp3) is 0.333. The quantitative estimate of drug-likeness (QED) is 0.0645. The van der Waals surface area contributed by atoms with E-state index in [1.165, 1.54) is 17.4 Å². The van der Waals surface area contributed by atoms with Gasteiger partial charge in [0.15, 0.2) is 0 Å². The zero-order chi connectivity index (χ0) is 42.5. The molecule has 0 aliphatic carbocycles. The van der Waals surface area contributed by atoms with E-state index in [4.69, 9.17) is 5.73 Å². The third-order valence-corrected chi connectivity index (χ3v) is 9.32. The van der Waals surface area contributed by atoms with Crippen LogP contribution >= 0.6 is 0 Å². The van der Waals surface area contributed by atoms with Crippen molar-refractivity contribution in [3.05, 3.63) is 118 Å². The summed E-state index contributed by atoms with van der Waals surface area (Å²) >= 11 is 0. The number of anilines is 2. The Morgan fingerprint density at radius 1 is 0.966 bits per heavy atom. The number of nitrogens with zero attached hydrogens (tertiary/aromatic N) is 3. The smallest absolute Gasteiger partial charge is 0.326 e. The number of carbonyl (C=O) groups excluding carboxylic acids is 2. The molecule has 0 atom stereocenters. The maximum atomic E-state index is 12.8. The van der Waals surface area contributed by atoms with Gasteiger partial charge < -0.3 is 36.1 Å². The number of benzene rings is 3. The predicted molar refractivity (Wildman–Crippen MR) is 236 cm³/mol. The van der Waals surface area contributed by atoms with Crippen LogP contribution in [-0.4, -0.2) is 55.3 Å². The molecule has 8 N–H and O–H groups in total. The van der Waals surface area contributed by atoms with Crippen molar-refractivity contribution in [3.8, 4) is 11.5 Å². The lowest BCUT2D eigenvalue weighted by molar-refractivity contribution is 0.0953. The average molecular weight is 791 g/mol. The molecule has 6 aromatic rings. The summed E-state index contributed by atoms with van der Waals surface area (Å²) in [5.41, 5.74) is 11.6. The number of amides is 3. The number of nitrogen functional groups attached to an aromatic ring is 1. The van der Waals surface area contributed by atoms with Crippen LogP contribution in [0.5, 0.6) is 11.5 Å². The molecule has 3 amide bonds. The Hall–Kier alpha value is -6.50. The minimum Gasteiger partial charge on any atom is -0.508 e. The number of urea groups is 1. The lowest BCUT2D eigenvalue weighted by Crippen LogP contribution is -2.36. The SMILES string of the molecule is C=C(c1cc(C(C)C)c(O)cc1O)N(C(=O)NC)c1ccc2c(ccn2CCC)c1.CCC.CCCNC(=O)c1ccc(CCc2c[nH]c3nc(N)[nH]c(=O)c23)cc1. The molecule has 3 aromatic carbocycles. The summed E-state index contributed by atoms with van der Waals surface area (Å²) in [6.45, 7) is 18.0. The highest BCUT2D eigenvalue weighted by atomic mass is 16.3. The highest BCUT2D eigenvalue weighted by Gasteiger charge is 2.24. The van der Waals surface area contributed by atoms with Crippen LogP contribution in [0.2, 0.25) is 0 Å². The number of carbonyl (C=O) groups is 2. The zero-order valence-corrected chi connectivity index (χ0v) is 34.7. The zero-order valence-electron chi connectivity index (χ0n) is 34.7. The van der Waals surface area contributed by atoms with E-state index in [1.54, 1.807) is 19.3 Å². The molecular weight excluding hydrogens is 733 g/mol. The van der Waals surface area contributed by atoms with Crippen LogP contribution in [0, 0.1) is 0 Å². The maximum Gasteiger partial charge on any atom is 0.326 e. The van der Waals surface area contributed by atoms with Crippen molar-refractivity contribution in [2.45, 2.75) is 86.1 Å². The highest BCUT2D eigenvalue weighted by molar-refractivity contribution is 6.06. The third-order valence-electron chi connectivity index (χ3n) is 9.32. The second-order valence-electron chi connectivity index (χ2n) is 14.3. The second kappa shape index (κ2) is 20.6. The van der Waals surface area contributed by atoms with Crippen molar-refractivity contribution in [2.24, 2.45) is 0 Å².